The molecule has 0 saturated carbocycles. The average Bonchev–Trinajstić information content (AvgIpc) is 2.47. The first-order valence-electron chi connectivity index (χ1n) is 4.32. The van der Waals surface area contributed by atoms with Gasteiger partial charge in [0, 0.05) is 17.3 Å². The lowest BCUT2D eigenvalue weighted by Crippen LogP contribution is -2.48. The zero-order valence-electron chi connectivity index (χ0n) is 6.92. The Balaban J connectivity index is 2.05. The lowest BCUT2D eigenvalue weighted by molar-refractivity contribution is 0.0395. The molecule has 1 N–H and O–H groups in total. The van der Waals surface area contributed by atoms with Crippen LogP contribution in [-0.4, -0.2) is 24.2 Å². The summed E-state index contributed by atoms with van der Waals surface area (Å²) in [7, 11) is 0. The molecular formula is C8H9BrN2OS. The molecule has 13 heavy (non-hydrogen) atoms. The van der Waals surface area contributed by atoms with Gasteiger partial charge in [-0.25, -0.2) is 4.98 Å². The van der Waals surface area contributed by atoms with Crippen molar-refractivity contribution < 1.29 is 4.74 Å². The quantitative estimate of drug-likeness (QED) is 0.768. The minimum absolute atomic E-state index is 0.381. The van der Waals surface area contributed by atoms with E-state index in [9.17, 15) is 0 Å². The summed E-state index contributed by atoms with van der Waals surface area (Å²) in [5, 5.41) is 3.55. The predicted octanol–water partition coefficient (Wildman–Crippen LogP) is 1.49. The maximum atomic E-state index is 5.50. The van der Waals surface area contributed by atoms with E-state index in [1.54, 1.807) is 11.3 Å². The first kappa shape index (κ1) is 8.35. The standard InChI is InChI=1S/C8H9BrN2OS/c9-8-11-5-1-4-2-12-3-6(10-4)7(5)13-8/h4,6,10H,1-3H2. The number of nitrogens with zero attached hydrogens (tertiary/aromatic N) is 1. The molecule has 3 nitrogen and oxygen atoms in total. The number of halogens is 1. The second-order valence-corrected chi connectivity index (χ2v) is 5.74. The number of hydrogen-bond donors (Lipinski definition) is 1. The summed E-state index contributed by atoms with van der Waals surface area (Å²) in [6.07, 6.45) is 1.01. The molecule has 2 aliphatic rings. The van der Waals surface area contributed by atoms with Crippen molar-refractivity contribution in [3.8, 4) is 0 Å². The van der Waals surface area contributed by atoms with Crippen LogP contribution in [0.4, 0.5) is 0 Å². The molecular weight excluding hydrogens is 252 g/mol. The Kier molecular flexibility index (Phi) is 1.94. The van der Waals surface area contributed by atoms with Crippen molar-refractivity contribution in [3.05, 3.63) is 14.5 Å². The number of morpholine rings is 1. The molecule has 1 aromatic rings. The van der Waals surface area contributed by atoms with Crippen LogP contribution in [0, 0.1) is 0 Å². The molecule has 1 aromatic heterocycles. The smallest absolute Gasteiger partial charge is 0.159 e. The van der Waals surface area contributed by atoms with Crippen LogP contribution in [0.15, 0.2) is 3.92 Å². The highest BCUT2D eigenvalue weighted by molar-refractivity contribution is 9.11. The van der Waals surface area contributed by atoms with Crippen LogP contribution < -0.4 is 5.32 Å². The highest BCUT2D eigenvalue weighted by Crippen LogP contribution is 2.34. The van der Waals surface area contributed by atoms with Gasteiger partial charge in [-0.3, -0.25) is 0 Å². The first-order valence-corrected chi connectivity index (χ1v) is 5.93. The van der Waals surface area contributed by atoms with Crippen LogP contribution in [0.2, 0.25) is 0 Å². The Morgan fingerprint density at radius 1 is 1.54 bits per heavy atom. The lowest BCUT2D eigenvalue weighted by Gasteiger charge is -2.34. The molecule has 2 atom stereocenters. The number of aromatic nitrogens is 1. The minimum Gasteiger partial charge on any atom is -0.378 e. The van der Waals surface area contributed by atoms with E-state index < -0.39 is 0 Å². The van der Waals surface area contributed by atoms with Gasteiger partial charge in [0.1, 0.15) is 0 Å². The molecule has 1 fully saturated rings. The molecule has 70 valence electrons. The molecule has 1 saturated heterocycles. The lowest BCUT2D eigenvalue weighted by atomic mass is 10.0. The summed E-state index contributed by atoms with van der Waals surface area (Å²) in [5.41, 5.74) is 1.26. The van der Waals surface area contributed by atoms with Crippen molar-refractivity contribution in [2.45, 2.75) is 18.5 Å². The molecule has 2 unspecified atom stereocenters. The summed E-state index contributed by atoms with van der Waals surface area (Å²) in [6, 6.07) is 0.853. The SMILES string of the molecule is Brc1nc2c(s1)C1COCC(C2)N1. The average molecular weight is 261 g/mol. The largest absolute Gasteiger partial charge is 0.378 e. The number of thiazole rings is 1. The van der Waals surface area contributed by atoms with E-state index in [4.69, 9.17) is 4.74 Å². The van der Waals surface area contributed by atoms with Crippen LogP contribution in [0.25, 0.3) is 0 Å². The Morgan fingerprint density at radius 3 is 3.38 bits per heavy atom. The van der Waals surface area contributed by atoms with Crippen LogP contribution in [0.1, 0.15) is 16.6 Å². The van der Waals surface area contributed by atoms with Gasteiger partial charge in [0.05, 0.1) is 24.9 Å². The van der Waals surface area contributed by atoms with Gasteiger partial charge < -0.3 is 10.1 Å². The van der Waals surface area contributed by atoms with Crippen LogP contribution in [0.5, 0.6) is 0 Å². The molecule has 3 rings (SSSR count). The summed E-state index contributed by atoms with van der Waals surface area (Å²) < 4.78 is 6.50. The second kappa shape index (κ2) is 3.02. The maximum absolute atomic E-state index is 5.50. The summed E-state index contributed by atoms with van der Waals surface area (Å²) in [6.45, 7) is 1.61. The maximum Gasteiger partial charge on any atom is 0.159 e. The van der Waals surface area contributed by atoms with E-state index >= 15 is 0 Å². The molecule has 5 heteroatoms. The van der Waals surface area contributed by atoms with Crippen molar-refractivity contribution in [2.24, 2.45) is 0 Å². The van der Waals surface area contributed by atoms with Gasteiger partial charge in [0.25, 0.3) is 0 Å². The van der Waals surface area contributed by atoms with E-state index in [1.807, 2.05) is 0 Å². The number of ether oxygens (including phenoxy) is 1. The minimum atomic E-state index is 0.381. The van der Waals surface area contributed by atoms with E-state index in [-0.39, 0.29) is 0 Å². The highest BCUT2D eigenvalue weighted by atomic mass is 79.9. The van der Waals surface area contributed by atoms with Gasteiger partial charge in [-0.15, -0.1) is 11.3 Å². The van der Waals surface area contributed by atoms with Gasteiger partial charge >= 0.3 is 0 Å². The van der Waals surface area contributed by atoms with Crippen molar-refractivity contribution in [2.75, 3.05) is 13.2 Å². The molecule has 0 spiro atoms. The number of hydrogen-bond acceptors (Lipinski definition) is 4. The molecule has 0 radical (unpaired) electrons. The molecule has 2 aliphatic heterocycles. The molecule has 0 aromatic carbocycles. The van der Waals surface area contributed by atoms with Crippen molar-refractivity contribution in [3.63, 3.8) is 0 Å². The first-order chi connectivity index (χ1) is 6.33. The third kappa shape index (κ3) is 1.34. The summed E-state index contributed by atoms with van der Waals surface area (Å²) in [5.74, 6) is 0. The van der Waals surface area contributed by atoms with Gasteiger partial charge in [0.15, 0.2) is 3.92 Å². The number of rotatable bonds is 0. The Hall–Kier alpha value is 0.0300. The summed E-state index contributed by atoms with van der Waals surface area (Å²) in [4.78, 5) is 5.82. The van der Waals surface area contributed by atoms with E-state index in [0.29, 0.717) is 12.1 Å². The zero-order valence-corrected chi connectivity index (χ0v) is 9.32. The fourth-order valence-corrected chi connectivity index (χ4v) is 3.56. The van der Waals surface area contributed by atoms with Gasteiger partial charge in [-0.05, 0) is 15.9 Å². The van der Waals surface area contributed by atoms with Gasteiger partial charge in [0.2, 0.25) is 0 Å². The number of nitrogens with one attached hydrogen (secondary N) is 1. The van der Waals surface area contributed by atoms with Crippen molar-refractivity contribution in [1.82, 2.24) is 10.3 Å². The highest BCUT2D eigenvalue weighted by Gasteiger charge is 2.32. The monoisotopic (exact) mass is 260 g/mol. The number of fused-ring (bicyclic) bond motifs is 4. The fourth-order valence-electron chi connectivity index (χ4n) is 1.96. The van der Waals surface area contributed by atoms with Crippen molar-refractivity contribution >= 4 is 27.3 Å². The Bertz CT molecular complexity index is 341. The van der Waals surface area contributed by atoms with Gasteiger partial charge in [-0.1, -0.05) is 0 Å². The molecule has 3 heterocycles. The second-order valence-electron chi connectivity index (χ2n) is 3.44. The normalized spacial score (nSPS) is 31.5. The molecule has 0 amide bonds. The zero-order chi connectivity index (χ0) is 8.84. The van der Waals surface area contributed by atoms with Crippen LogP contribution >= 0.6 is 27.3 Å². The topological polar surface area (TPSA) is 34.1 Å². The van der Waals surface area contributed by atoms with E-state index in [1.165, 1.54) is 10.6 Å². The third-order valence-electron chi connectivity index (χ3n) is 2.50. The van der Waals surface area contributed by atoms with E-state index in [2.05, 4.69) is 26.2 Å². The Morgan fingerprint density at radius 2 is 2.46 bits per heavy atom. The summed E-state index contributed by atoms with van der Waals surface area (Å²) >= 11 is 5.15. The fraction of sp³-hybridized carbons (Fsp3) is 0.625. The van der Waals surface area contributed by atoms with Gasteiger partial charge in [-0.2, -0.15) is 0 Å². The van der Waals surface area contributed by atoms with E-state index in [0.717, 1.165) is 23.6 Å². The molecule has 2 bridgehead atoms. The molecule has 0 aliphatic carbocycles. The predicted molar refractivity (Wildman–Crippen MR) is 54.0 cm³/mol. The Labute approximate surface area is 88.6 Å². The van der Waals surface area contributed by atoms with Crippen molar-refractivity contribution in [1.29, 1.82) is 0 Å². The third-order valence-corrected chi connectivity index (χ3v) is 4.16. The van der Waals surface area contributed by atoms with Crippen LogP contribution in [0.3, 0.4) is 0 Å². The van der Waals surface area contributed by atoms with Crippen LogP contribution in [-0.2, 0) is 11.2 Å².